The first-order valence-corrected chi connectivity index (χ1v) is 6.78. The molecule has 19 heavy (non-hydrogen) atoms. The number of amides is 2. The molecule has 1 aromatic rings. The maximum Gasteiger partial charge on any atom is 0.417 e. The van der Waals surface area contributed by atoms with E-state index in [1.54, 1.807) is 0 Å². The summed E-state index contributed by atoms with van der Waals surface area (Å²) in [5.74, 6) is -2.12. The van der Waals surface area contributed by atoms with Crippen molar-refractivity contribution >= 4 is 43.7 Å². The molecule has 2 atom stereocenters. The highest BCUT2D eigenvalue weighted by Gasteiger charge is 2.42. The molecule has 1 fully saturated rings. The van der Waals surface area contributed by atoms with Gasteiger partial charge in [-0.1, -0.05) is 37.9 Å². The van der Waals surface area contributed by atoms with Gasteiger partial charge >= 0.3 is 6.18 Å². The van der Waals surface area contributed by atoms with Crippen molar-refractivity contribution in [2.24, 2.45) is 0 Å². The van der Waals surface area contributed by atoms with Gasteiger partial charge in [-0.3, -0.25) is 14.9 Å². The van der Waals surface area contributed by atoms with Crippen molar-refractivity contribution in [1.82, 2.24) is 5.32 Å². The van der Waals surface area contributed by atoms with Gasteiger partial charge in [0.15, 0.2) is 0 Å². The Morgan fingerprint density at radius 3 is 2.26 bits per heavy atom. The smallest absolute Gasteiger partial charge is 0.295 e. The fraction of sp³-hybridized carbons (Fsp3) is 0.273. The Morgan fingerprint density at radius 2 is 1.79 bits per heavy atom. The highest BCUT2D eigenvalue weighted by molar-refractivity contribution is 9.10. The Hall–Kier alpha value is -0.890. The number of hydrogen-bond donors (Lipinski definition) is 1. The monoisotopic (exact) mass is 399 g/mol. The molecule has 1 heterocycles. The lowest BCUT2D eigenvalue weighted by Crippen LogP contribution is -2.22. The average Bonchev–Trinajstić information content (AvgIpc) is 2.53. The molecule has 0 spiro atoms. The first-order chi connectivity index (χ1) is 8.71. The summed E-state index contributed by atoms with van der Waals surface area (Å²) in [6.45, 7) is 0. The Balaban J connectivity index is 2.47. The van der Waals surface area contributed by atoms with Crippen LogP contribution in [0.4, 0.5) is 13.2 Å². The minimum atomic E-state index is -4.53. The summed E-state index contributed by atoms with van der Waals surface area (Å²) >= 11 is 5.83. The normalized spacial score (nSPS) is 23.6. The standard InChI is InChI=1S/C11H6Br2F3NO2/c12-6-2-1-4(3-5(6)11(14,15)16)7-8(13)10(19)17-9(7)18/h1-3,7-8H,(H,17,18,19). The Kier molecular flexibility index (Phi) is 3.74. The zero-order valence-electron chi connectivity index (χ0n) is 9.09. The second-order valence-electron chi connectivity index (χ2n) is 3.97. The second-order valence-corrected chi connectivity index (χ2v) is 5.81. The largest absolute Gasteiger partial charge is 0.417 e. The third-order valence-electron chi connectivity index (χ3n) is 2.73. The fourth-order valence-electron chi connectivity index (χ4n) is 1.83. The van der Waals surface area contributed by atoms with Crippen LogP contribution in [0.15, 0.2) is 22.7 Å². The van der Waals surface area contributed by atoms with E-state index in [9.17, 15) is 22.8 Å². The molecule has 0 saturated carbocycles. The second kappa shape index (κ2) is 4.90. The Labute approximate surface area is 122 Å². The zero-order chi connectivity index (χ0) is 14.4. The quantitative estimate of drug-likeness (QED) is 0.582. The van der Waals surface area contributed by atoms with E-state index in [4.69, 9.17) is 0 Å². The molecule has 2 unspecified atom stereocenters. The summed E-state index contributed by atoms with van der Waals surface area (Å²) in [6.07, 6.45) is -4.53. The number of nitrogens with one attached hydrogen (secondary N) is 1. The van der Waals surface area contributed by atoms with E-state index in [1.807, 2.05) is 0 Å². The third kappa shape index (κ3) is 2.69. The van der Waals surface area contributed by atoms with Crippen LogP contribution < -0.4 is 5.32 Å². The van der Waals surface area contributed by atoms with Gasteiger partial charge in [0, 0.05) is 4.47 Å². The number of carbonyl (C=O) groups is 2. The van der Waals surface area contributed by atoms with Gasteiger partial charge in [-0.2, -0.15) is 13.2 Å². The lowest BCUT2D eigenvalue weighted by atomic mass is 9.95. The number of benzene rings is 1. The molecule has 2 rings (SSSR count). The molecule has 102 valence electrons. The summed E-state index contributed by atoms with van der Waals surface area (Å²) in [5, 5.41) is 2.07. The van der Waals surface area contributed by atoms with Crippen molar-refractivity contribution in [1.29, 1.82) is 0 Å². The lowest BCUT2D eigenvalue weighted by molar-refractivity contribution is -0.138. The molecule has 0 radical (unpaired) electrons. The van der Waals surface area contributed by atoms with Crippen molar-refractivity contribution in [3.05, 3.63) is 33.8 Å². The van der Waals surface area contributed by atoms with Gasteiger partial charge in [0.05, 0.1) is 11.5 Å². The molecule has 1 aliphatic rings. The van der Waals surface area contributed by atoms with Gasteiger partial charge < -0.3 is 0 Å². The van der Waals surface area contributed by atoms with E-state index in [2.05, 4.69) is 37.2 Å². The van der Waals surface area contributed by atoms with Crippen molar-refractivity contribution in [3.8, 4) is 0 Å². The van der Waals surface area contributed by atoms with Crippen LogP contribution in [0, 0.1) is 0 Å². The molecular formula is C11H6Br2F3NO2. The molecule has 0 bridgehead atoms. The van der Waals surface area contributed by atoms with Gasteiger partial charge in [0.25, 0.3) is 0 Å². The molecule has 8 heteroatoms. The predicted molar refractivity (Wildman–Crippen MR) is 67.7 cm³/mol. The summed E-state index contributed by atoms with van der Waals surface area (Å²) < 4.78 is 38.2. The van der Waals surface area contributed by atoms with E-state index in [0.717, 1.165) is 6.07 Å². The van der Waals surface area contributed by atoms with Crippen LogP contribution >= 0.6 is 31.9 Å². The SMILES string of the molecule is O=C1NC(=O)C(c2ccc(Br)c(C(F)(F)F)c2)C1Br. The van der Waals surface area contributed by atoms with Crippen molar-refractivity contribution < 1.29 is 22.8 Å². The molecule has 0 aromatic heterocycles. The number of alkyl halides is 4. The van der Waals surface area contributed by atoms with Gasteiger partial charge in [-0.25, -0.2) is 0 Å². The van der Waals surface area contributed by atoms with Crippen LogP contribution in [0.1, 0.15) is 17.0 Å². The number of imide groups is 1. The minimum Gasteiger partial charge on any atom is -0.295 e. The van der Waals surface area contributed by atoms with Crippen molar-refractivity contribution in [3.63, 3.8) is 0 Å². The number of carbonyl (C=O) groups excluding carboxylic acids is 2. The molecular weight excluding hydrogens is 395 g/mol. The molecule has 3 nitrogen and oxygen atoms in total. The predicted octanol–water partition coefficient (Wildman–Crippen LogP) is 2.97. The van der Waals surface area contributed by atoms with Crippen LogP contribution in [-0.2, 0) is 15.8 Å². The number of halogens is 5. The van der Waals surface area contributed by atoms with Crippen LogP contribution in [0.3, 0.4) is 0 Å². The van der Waals surface area contributed by atoms with E-state index < -0.39 is 34.3 Å². The average molecular weight is 401 g/mol. The number of hydrogen-bond acceptors (Lipinski definition) is 2. The van der Waals surface area contributed by atoms with Gasteiger partial charge in [0.1, 0.15) is 4.83 Å². The van der Waals surface area contributed by atoms with Crippen LogP contribution in [0.5, 0.6) is 0 Å². The fourth-order valence-corrected chi connectivity index (χ4v) is 2.96. The van der Waals surface area contributed by atoms with E-state index in [1.165, 1.54) is 12.1 Å². The summed E-state index contributed by atoms with van der Waals surface area (Å²) in [4.78, 5) is 22.0. The molecule has 0 aliphatic carbocycles. The Morgan fingerprint density at radius 1 is 1.16 bits per heavy atom. The molecule has 1 aromatic carbocycles. The summed E-state index contributed by atoms with van der Waals surface area (Å²) in [7, 11) is 0. The highest BCUT2D eigenvalue weighted by atomic mass is 79.9. The summed E-state index contributed by atoms with van der Waals surface area (Å²) in [6, 6.07) is 3.48. The topological polar surface area (TPSA) is 46.2 Å². The van der Waals surface area contributed by atoms with Gasteiger partial charge in [-0.05, 0) is 17.7 Å². The molecule has 1 saturated heterocycles. The van der Waals surface area contributed by atoms with Crippen LogP contribution in [0.2, 0.25) is 0 Å². The van der Waals surface area contributed by atoms with E-state index in [-0.39, 0.29) is 10.0 Å². The maximum absolute atomic E-state index is 12.8. The molecule has 2 amide bonds. The van der Waals surface area contributed by atoms with Gasteiger partial charge in [0.2, 0.25) is 11.8 Å². The number of rotatable bonds is 1. The zero-order valence-corrected chi connectivity index (χ0v) is 12.3. The third-order valence-corrected chi connectivity index (χ3v) is 4.36. The van der Waals surface area contributed by atoms with Crippen LogP contribution in [0.25, 0.3) is 0 Å². The van der Waals surface area contributed by atoms with Crippen molar-refractivity contribution in [2.75, 3.05) is 0 Å². The van der Waals surface area contributed by atoms with E-state index >= 15 is 0 Å². The molecule has 1 N–H and O–H groups in total. The van der Waals surface area contributed by atoms with Crippen LogP contribution in [-0.4, -0.2) is 16.6 Å². The lowest BCUT2D eigenvalue weighted by Gasteiger charge is -2.14. The first-order valence-electron chi connectivity index (χ1n) is 5.07. The maximum atomic E-state index is 12.8. The summed E-state index contributed by atoms with van der Waals surface area (Å²) in [5.41, 5.74) is -0.738. The Bertz CT molecular complexity index is 559. The van der Waals surface area contributed by atoms with Gasteiger partial charge in [-0.15, -0.1) is 0 Å². The van der Waals surface area contributed by atoms with E-state index in [0.29, 0.717) is 0 Å². The van der Waals surface area contributed by atoms with Crippen molar-refractivity contribution in [2.45, 2.75) is 16.9 Å². The highest BCUT2D eigenvalue weighted by Crippen LogP contribution is 2.38. The minimum absolute atomic E-state index is 0.111. The first kappa shape index (κ1) is 14.5. The molecule has 1 aliphatic heterocycles.